The van der Waals surface area contributed by atoms with Crippen molar-refractivity contribution in [2.75, 3.05) is 0 Å². The molecule has 0 atom stereocenters. The fourth-order valence-corrected chi connectivity index (χ4v) is 3.34. The number of alkyl halides is 6. The lowest BCUT2D eigenvalue weighted by atomic mass is 10.1. The van der Waals surface area contributed by atoms with Crippen molar-refractivity contribution in [3.63, 3.8) is 0 Å². The fourth-order valence-electron chi connectivity index (χ4n) is 2.76. The number of hydroxylamine groups is 1. The van der Waals surface area contributed by atoms with Gasteiger partial charge in [0, 0.05) is 0 Å². The number of amidine groups is 1. The summed E-state index contributed by atoms with van der Waals surface area (Å²) in [5.41, 5.74) is 0.219. The molecule has 0 spiro atoms. The third-order valence-electron chi connectivity index (χ3n) is 4.20. The quantitative estimate of drug-likeness (QED) is 0.164. The van der Waals surface area contributed by atoms with Crippen molar-refractivity contribution in [3.05, 3.63) is 93.5 Å². The minimum atomic E-state index is -4.90. The number of nitrogens with one attached hydrogen (secondary N) is 1. The minimum Gasteiger partial charge on any atom is -0.406 e. The van der Waals surface area contributed by atoms with Gasteiger partial charge in [0.1, 0.15) is 5.75 Å². The van der Waals surface area contributed by atoms with Crippen molar-refractivity contribution < 1.29 is 40.7 Å². The summed E-state index contributed by atoms with van der Waals surface area (Å²) >= 11 is 12.3. The number of carbonyl (C=O) groups is 1. The van der Waals surface area contributed by atoms with Crippen molar-refractivity contribution in [3.8, 4) is 5.75 Å². The Balaban J connectivity index is 1.93. The zero-order chi connectivity index (χ0) is 25.8. The molecule has 0 unspecified atom stereocenters. The molecule has 3 rings (SSSR count). The van der Waals surface area contributed by atoms with Crippen molar-refractivity contribution in [1.82, 2.24) is 5.48 Å². The highest BCUT2D eigenvalue weighted by Crippen LogP contribution is 2.32. The fraction of sp³-hybridized carbons (Fsp3) is 0.0909. The zero-order valence-electron chi connectivity index (χ0n) is 17.0. The Morgan fingerprint density at radius 1 is 0.829 bits per heavy atom. The van der Waals surface area contributed by atoms with Crippen molar-refractivity contribution in [1.29, 1.82) is 0 Å². The van der Waals surface area contributed by atoms with E-state index in [1.165, 1.54) is 24.3 Å². The van der Waals surface area contributed by atoms with E-state index in [4.69, 9.17) is 28.0 Å². The van der Waals surface area contributed by atoms with Gasteiger partial charge in [0.25, 0.3) is 0 Å². The van der Waals surface area contributed by atoms with Crippen LogP contribution in [0.4, 0.5) is 32.0 Å². The lowest BCUT2D eigenvalue weighted by Crippen LogP contribution is -2.29. The predicted octanol–water partition coefficient (Wildman–Crippen LogP) is 7.35. The average molecular weight is 537 g/mol. The number of aliphatic imine (C=N–C) groups is 1. The normalized spacial score (nSPS) is 12.3. The molecule has 1 N–H and O–H groups in total. The molecule has 0 fully saturated rings. The molecule has 0 aliphatic rings. The maximum absolute atomic E-state index is 13.2. The second-order valence-corrected chi connectivity index (χ2v) is 7.45. The number of hydrogen-bond acceptors (Lipinski definition) is 4. The van der Waals surface area contributed by atoms with Crippen LogP contribution < -0.4 is 10.2 Å². The summed E-state index contributed by atoms with van der Waals surface area (Å²) in [5.74, 6) is -2.21. The highest BCUT2D eigenvalue weighted by molar-refractivity contribution is 6.40. The van der Waals surface area contributed by atoms with Gasteiger partial charge < -0.3 is 9.57 Å². The van der Waals surface area contributed by atoms with Crippen LogP contribution in [0.5, 0.6) is 5.75 Å². The Morgan fingerprint density at radius 2 is 1.43 bits per heavy atom. The van der Waals surface area contributed by atoms with Gasteiger partial charge in [-0.25, -0.2) is 9.79 Å². The summed E-state index contributed by atoms with van der Waals surface area (Å²) in [6.07, 6.45) is -9.72. The molecule has 0 bridgehead atoms. The molecule has 0 heterocycles. The van der Waals surface area contributed by atoms with Gasteiger partial charge in [-0.05, 0) is 48.5 Å². The van der Waals surface area contributed by atoms with Crippen molar-refractivity contribution in [2.45, 2.75) is 12.5 Å². The molecule has 13 heteroatoms. The Hall–Kier alpha value is -3.44. The molecule has 0 aliphatic carbocycles. The molecule has 0 aromatic heterocycles. The van der Waals surface area contributed by atoms with E-state index in [1.807, 2.05) is 0 Å². The van der Waals surface area contributed by atoms with Gasteiger partial charge in [-0.1, -0.05) is 41.4 Å². The van der Waals surface area contributed by atoms with Gasteiger partial charge in [0.2, 0.25) is 0 Å². The van der Waals surface area contributed by atoms with Crippen LogP contribution in [0.1, 0.15) is 21.5 Å². The van der Waals surface area contributed by atoms with Gasteiger partial charge in [0.15, 0.2) is 5.84 Å². The first-order valence-electron chi connectivity index (χ1n) is 9.37. The van der Waals surface area contributed by atoms with Crippen LogP contribution in [-0.4, -0.2) is 18.2 Å². The van der Waals surface area contributed by atoms with Crippen LogP contribution in [0, 0.1) is 0 Å². The largest absolute Gasteiger partial charge is 0.573 e. The molecule has 0 saturated carbocycles. The standard InChI is InChI=1S/C22H12Cl2F6N2O3/c23-16-6-3-7-17(24)18(16)19(31-12-8-10-13(11-9-12)34-22(28,29)30)32-35-20(33)14-4-1-2-5-15(14)21(25,26)27/h1-11H,(H,31,32). The number of ether oxygens (including phenoxy) is 1. The number of benzene rings is 3. The van der Waals surface area contributed by atoms with Crippen molar-refractivity contribution in [2.24, 2.45) is 4.99 Å². The Kier molecular flexibility index (Phi) is 7.81. The van der Waals surface area contributed by atoms with E-state index in [9.17, 15) is 31.1 Å². The number of carbonyl (C=O) groups excluding carboxylic acids is 1. The summed E-state index contributed by atoms with van der Waals surface area (Å²) in [7, 11) is 0. The second kappa shape index (κ2) is 10.4. The maximum Gasteiger partial charge on any atom is 0.573 e. The second-order valence-electron chi connectivity index (χ2n) is 6.63. The molecule has 184 valence electrons. The molecule has 0 radical (unpaired) electrons. The van der Waals surface area contributed by atoms with Crippen LogP contribution in [0.2, 0.25) is 10.0 Å². The summed E-state index contributed by atoms with van der Waals surface area (Å²) < 4.78 is 80.6. The van der Waals surface area contributed by atoms with Crippen LogP contribution in [0.25, 0.3) is 0 Å². The predicted molar refractivity (Wildman–Crippen MR) is 116 cm³/mol. The van der Waals surface area contributed by atoms with E-state index in [0.717, 1.165) is 36.4 Å². The Morgan fingerprint density at radius 3 is 2.00 bits per heavy atom. The molecular formula is C22H12Cl2F6N2O3. The smallest absolute Gasteiger partial charge is 0.406 e. The molecule has 3 aromatic rings. The van der Waals surface area contributed by atoms with Gasteiger partial charge in [0.05, 0.1) is 32.4 Å². The first-order valence-corrected chi connectivity index (χ1v) is 10.1. The van der Waals surface area contributed by atoms with Crippen LogP contribution in [0.3, 0.4) is 0 Å². The summed E-state index contributed by atoms with van der Waals surface area (Å²) in [5, 5.41) is 0.0695. The molecule has 0 saturated heterocycles. The SMILES string of the molecule is O=C(ONC(=Nc1ccc(OC(F)(F)F)cc1)c1c(Cl)cccc1Cl)c1ccccc1C(F)(F)F. The first-order chi connectivity index (χ1) is 16.3. The molecule has 0 aliphatic heterocycles. The number of halogens is 8. The van der Waals surface area contributed by atoms with Gasteiger partial charge in [-0.3, -0.25) is 0 Å². The lowest BCUT2D eigenvalue weighted by molar-refractivity contribution is -0.274. The highest BCUT2D eigenvalue weighted by Gasteiger charge is 2.35. The summed E-state index contributed by atoms with van der Waals surface area (Å²) in [6.45, 7) is 0. The number of rotatable bonds is 4. The average Bonchev–Trinajstić information content (AvgIpc) is 2.76. The number of nitrogens with zero attached hydrogens (tertiary/aromatic N) is 1. The maximum atomic E-state index is 13.2. The van der Waals surface area contributed by atoms with E-state index in [-0.39, 0.29) is 27.1 Å². The number of hydrogen-bond donors (Lipinski definition) is 1. The van der Waals surface area contributed by atoms with Gasteiger partial charge >= 0.3 is 18.5 Å². The third-order valence-corrected chi connectivity index (χ3v) is 4.83. The summed E-state index contributed by atoms with van der Waals surface area (Å²) in [6, 6.07) is 12.5. The molecule has 0 amide bonds. The van der Waals surface area contributed by atoms with Gasteiger partial charge in [-0.15, -0.1) is 13.2 Å². The van der Waals surface area contributed by atoms with Crippen LogP contribution >= 0.6 is 23.2 Å². The third kappa shape index (κ3) is 7.03. The van der Waals surface area contributed by atoms with Crippen LogP contribution in [-0.2, 0) is 11.0 Å². The minimum absolute atomic E-state index is 0.0170. The molecule has 3 aromatic carbocycles. The van der Waals surface area contributed by atoms with E-state index in [0.29, 0.717) is 6.07 Å². The molecule has 5 nitrogen and oxygen atoms in total. The van der Waals surface area contributed by atoms with Gasteiger partial charge in [-0.2, -0.15) is 18.7 Å². The topological polar surface area (TPSA) is 59.9 Å². The summed E-state index contributed by atoms with van der Waals surface area (Å²) in [4.78, 5) is 21.4. The Labute approximate surface area is 203 Å². The molecule has 35 heavy (non-hydrogen) atoms. The molecular weight excluding hydrogens is 525 g/mol. The Bertz CT molecular complexity index is 1220. The van der Waals surface area contributed by atoms with Crippen molar-refractivity contribution >= 4 is 40.7 Å². The monoisotopic (exact) mass is 536 g/mol. The van der Waals surface area contributed by atoms with E-state index in [1.54, 1.807) is 0 Å². The van der Waals surface area contributed by atoms with Crippen LogP contribution in [0.15, 0.2) is 71.7 Å². The highest BCUT2D eigenvalue weighted by atomic mass is 35.5. The van der Waals surface area contributed by atoms with E-state index in [2.05, 4.69) is 15.2 Å². The lowest BCUT2D eigenvalue weighted by Gasteiger charge is -2.15. The zero-order valence-corrected chi connectivity index (χ0v) is 18.6. The first kappa shape index (κ1) is 26.2. The van der Waals surface area contributed by atoms with E-state index >= 15 is 0 Å². The van der Waals surface area contributed by atoms with E-state index < -0.39 is 35.4 Å².